The highest BCUT2D eigenvalue weighted by atomic mass is 32.1. The van der Waals surface area contributed by atoms with Crippen molar-refractivity contribution < 1.29 is 9.90 Å². The van der Waals surface area contributed by atoms with Gasteiger partial charge in [-0.3, -0.25) is 4.79 Å². The standard InChI is InChI=1S/C22H22N2O2S/c25-19(16-4-2-1-3-5-16)13-8-15-6-11-18(12-7-15)24-21(26)20-14-23-22(27-20)17-9-10-17/h1-7,11-12,14,17,19,25H,8-10,13H2,(H,24,26). The number of aryl methyl sites for hydroxylation is 1. The van der Waals surface area contributed by atoms with E-state index in [-0.39, 0.29) is 5.91 Å². The van der Waals surface area contributed by atoms with Crippen LogP contribution >= 0.6 is 11.3 Å². The predicted octanol–water partition coefficient (Wildman–Crippen LogP) is 4.94. The van der Waals surface area contributed by atoms with Crippen LogP contribution in [-0.2, 0) is 6.42 Å². The second-order valence-corrected chi connectivity index (χ2v) is 8.02. The number of aliphatic hydroxyl groups is 1. The molecule has 5 heteroatoms. The third kappa shape index (κ3) is 4.62. The summed E-state index contributed by atoms with van der Waals surface area (Å²) in [4.78, 5) is 17.4. The average Bonchev–Trinajstić information content (AvgIpc) is 3.44. The average molecular weight is 378 g/mol. The molecule has 1 saturated carbocycles. The van der Waals surface area contributed by atoms with Crippen molar-refractivity contribution in [1.29, 1.82) is 0 Å². The molecule has 0 spiro atoms. The summed E-state index contributed by atoms with van der Waals surface area (Å²) in [6.07, 6.45) is 5.04. The number of anilines is 1. The summed E-state index contributed by atoms with van der Waals surface area (Å²) in [6.45, 7) is 0. The minimum absolute atomic E-state index is 0.105. The van der Waals surface area contributed by atoms with Gasteiger partial charge in [-0.15, -0.1) is 11.3 Å². The number of nitrogens with zero attached hydrogens (tertiary/aromatic N) is 1. The van der Waals surface area contributed by atoms with Gasteiger partial charge in [0.1, 0.15) is 4.88 Å². The second-order valence-electron chi connectivity index (χ2n) is 6.95. The van der Waals surface area contributed by atoms with Crippen LogP contribution in [0, 0.1) is 0 Å². The van der Waals surface area contributed by atoms with E-state index in [0.29, 0.717) is 17.2 Å². The number of thiazole rings is 1. The molecule has 1 aliphatic carbocycles. The summed E-state index contributed by atoms with van der Waals surface area (Å²) < 4.78 is 0. The zero-order valence-electron chi connectivity index (χ0n) is 15.0. The number of benzene rings is 2. The Morgan fingerprint density at radius 3 is 2.59 bits per heavy atom. The van der Waals surface area contributed by atoms with Crippen molar-refractivity contribution >= 4 is 22.9 Å². The van der Waals surface area contributed by atoms with Crippen LogP contribution < -0.4 is 5.32 Å². The first-order valence-corrected chi connectivity index (χ1v) is 10.1. The zero-order valence-corrected chi connectivity index (χ0v) is 15.8. The van der Waals surface area contributed by atoms with E-state index in [1.165, 1.54) is 24.2 Å². The van der Waals surface area contributed by atoms with Gasteiger partial charge in [0.05, 0.1) is 17.3 Å². The Bertz CT molecular complexity index is 902. The number of aromatic nitrogens is 1. The van der Waals surface area contributed by atoms with Crippen LogP contribution in [0.1, 0.15) is 57.1 Å². The molecule has 0 aliphatic heterocycles. The smallest absolute Gasteiger partial charge is 0.267 e. The number of carbonyl (C=O) groups excluding carboxylic acids is 1. The number of rotatable bonds is 7. The zero-order chi connectivity index (χ0) is 18.6. The van der Waals surface area contributed by atoms with Crippen LogP contribution in [0.25, 0.3) is 0 Å². The summed E-state index contributed by atoms with van der Waals surface area (Å²) in [5, 5.41) is 14.3. The van der Waals surface area contributed by atoms with Crippen molar-refractivity contribution in [2.24, 2.45) is 0 Å². The molecule has 0 radical (unpaired) electrons. The Labute approximate surface area is 162 Å². The van der Waals surface area contributed by atoms with Crippen LogP contribution in [0.4, 0.5) is 5.69 Å². The fourth-order valence-corrected chi connectivity index (χ4v) is 3.99. The van der Waals surface area contributed by atoms with E-state index < -0.39 is 6.10 Å². The Hall–Kier alpha value is -2.50. The molecule has 138 valence electrons. The molecular formula is C22H22N2O2S. The lowest BCUT2D eigenvalue weighted by Gasteiger charge is -2.11. The van der Waals surface area contributed by atoms with Crippen LogP contribution in [0.15, 0.2) is 60.8 Å². The summed E-state index contributed by atoms with van der Waals surface area (Å²) in [7, 11) is 0. The fourth-order valence-electron chi connectivity index (χ4n) is 3.00. The van der Waals surface area contributed by atoms with Gasteiger partial charge in [-0.2, -0.15) is 0 Å². The maximum atomic E-state index is 12.4. The lowest BCUT2D eigenvalue weighted by molar-refractivity contribution is 0.103. The van der Waals surface area contributed by atoms with Gasteiger partial charge in [0.25, 0.3) is 5.91 Å². The van der Waals surface area contributed by atoms with E-state index in [4.69, 9.17) is 0 Å². The molecule has 1 heterocycles. The molecule has 1 amide bonds. The molecule has 1 aliphatic rings. The molecule has 0 saturated heterocycles. The first kappa shape index (κ1) is 17.9. The highest BCUT2D eigenvalue weighted by Gasteiger charge is 2.27. The van der Waals surface area contributed by atoms with Crippen molar-refractivity contribution in [3.63, 3.8) is 0 Å². The molecule has 4 nitrogen and oxygen atoms in total. The molecule has 27 heavy (non-hydrogen) atoms. The van der Waals surface area contributed by atoms with Crippen molar-refractivity contribution in [3.05, 3.63) is 81.8 Å². The Kier molecular flexibility index (Phi) is 5.32. The topological polar surface area (TPSA) is 62.2 Å². The molecule has 1 aromatic heterocycles. The first-order valence-electron chi connectivity index (χ1n) is 9.28. The van der Waals surface area contributed by atoms with Gasteiger partial charge in [0.15, 0.2) is 0 Å². The normalized spacial score (nSPS) is 14.7. The van der Waals surface area contributed by atoms with E-state index in [9.17, 15) is 9.90 Å². The highest BCUT2D eigenvalue weighted by Crippen LogP contribution is 2.41. The van der Waals surface area contributed by atoms with Gasteiger partial charge in [-0.1, -0.05) is 42.5 Å². The van der Waals surface area contributed by atoms with Gasteiger partial charge >= 0.3 is 0 Å². The Morgan fingerprint density at radius 2 is 1.89 bits per heavy atom. The molecule has 2 N–H and O–H groups in total. The molecule has 3 aromatic rings. The van der Waals surface area contributed by atoms with Crippen molar-refractivity contribution in [1.82, 2.24) is 4.98 Å². The van der Waals surface area contributed by atoms with E-state index in [1.807, 2.05) is 54.6 Å². The second kappa shape index (κ2) is 8.03. The quantitative estimate of drug-likeness (QED) is 0.612. The summed E-state index contributed by atoms with van der Waals surface area (Å²) in [5.74, 6) is 0.466. The number of carbonyl (C=O) groups is 1. The van der Waals surface area contributed by atoms with Crippen LogP contribution in [0.5, 0.6) is 0 Å². The molecule has 0 bridgehead atoms. The van der Waals surface area contributed by atoms with Crippen LogP contribution in [0.3, 0.4) is 0 Å². The monoisotopic (exact) mass is 378 g/mol. The highest BCUT2D eigenvalue weighted by molar-refractivity contribution is 7.13. The molecular weight excluding hydrogens is 356 g/mol. The minimum atomic E-state index is -0.461. The molecule has 1 atom stereocenters. The summed E-state index contributed by atoms with van der Waals surface area (Å²) >= 11 is 1.49. The summed E-state index contributed by atoms with van der Waals surface area (Å²) in [5.41, 5.74) is 2.85. The van der Waals surface area contributed by atoms with Gasteiger partial charge in [0.2, 0.25) is 0 Å². The van der Waals surface area contributed by atoms with Crippen molar-refractivity contribution in [2.45, 2.75) is 37.7 Å². The van der Waals surface area contributed by atoms with Crippen molar-refractivity contribution in [2.75, 3.05) is 5.32 Å². The maximum Gasteiger partial charge on any atom is 0.267 e. The Morgan fingerprint density at radius 1 is 1.15 bits per heavy atom. The lowest BCUT2D eigenvalue weighted by Crippen LogP contribution is -2.10. The molecule has 2 aromatic carbocycles. The van der Waals surface area contributed by atoms with Gasteiger partial charge in [0, 0.05) is 11.6 Å². The molecule has 1 fully saturated rings. The number of nitrogens with one attached hydrogen (secondary N) is 1. The Balaban J connectivity index is 1.31. The number of amides is 1. The fraction of sp³-hybridized carbons (Fsp3) is 0.273. The number of hydrogen-bond acceptors (Lipinski definition) is 4. The van der Waals surface area contributed by atoms with Crippen LogP contribution in [0.2, 0.25) is 0 Å². The van der Waals surface area contributed by atoms with Gasteiger partial charge < -0.3 is 10.4 Å². The van der Waals surface area contributed by atoms with E-state index in [1.54, 1.807) is 6.20 Å². The third-order valence-electron chi connectivity index (χ3n) is 4.78. The molecule has 4 rings (SSSR count). The first-order chi connectivity index (χ1) is 13.2. The maximum absolute atomic E-state index is 12.4. The van der Waals surface area contributed by atoms with E-state index in [2.05, 4.69) is 10.3 Å². The van der Waals surface area contributed by atoms with Gasteiger partial charge in [-0.25, -0.2) is 4.98 Å². The summed E-state index contributed by atoms with van der Waals surface area (Å²) in [6, 6.07) is 17.5. The molecule has 1 unspecified atom stereocenters. The number of aliphatic hydroxyl groups excluding tert-OH is 1. The predicted molar refractivity (Wildman–Crippen MR) is 108 cm³/mol. The largest absolute Gasteiger partial charge is 0.388 e. The third-order valence-corrected chi connectivity index (χ3v) is 5.94. The minimum Gasteiger partial charge on any atom is -0.388 e. The van der Waals surface area contributed by atoms with Crippen LogP contribution in [-0.4, -0.2) is 16.0 Å². The van der Waals surface area contributed by atoms with Gasteiger partial charge in [-0.05, 0) is 48.9 Å². The van der Waals surface area contributed by atoms with E-state index >= 15 is 0 Å². The van der Waals surface area contributed by atoms with E-state index in [0.717, 1.165) is 28.2 Å². The van der Waals surface area contributed by atoms with Crippen molar-refractivity contribution in [3.8, 4) is 0 Å². The number of hydrogen-bond donors (Lipinski definition) is 2. The SMILES string of the molecule is O=C(Nc1ccc(CCC(O)c2ccccc2)cc1)c1cnc(C2CC2)s1. The lowest BCUT2D eigenvalue weighted by atomic mass is 10.0.